The summed E-state index contributed by atoms with van der Waals surface area (Å²) in [5.41, 5.74) is 11.3. The van der Waals surface area contributed by atoms with Crippen LogP contribution in [0.1, 0.15) is 18.7 Å². The molecule has 6 aromatic rings. The molecule has 3 aliphatic rings. The lowest BCUT2D eigenvalue weighted by Crippen LogP contribution is -2.46. The number of anilines is 3. The molecule has 0 aromatic carbocycles. The zero-order valence-corrected chi connectivity index (χ0v) is 42.9. The van der Waals surface area contributed by atoms with Crippen molar-refractivity contribution in [1.82, 2.24) is 53.6 Å². The van der Waals surface area contributed by atoms with Crippen molar-refractivity contribution < 1.29 is 108 Å². The van der Waals surface area contributed by atoms with Crippen LogP contribution in [0, 0.1) is 0 Å². The molecule has 16 atom stereocenters. The van der Waals surface area contributed by atoms with Crippen molar-refractivity contribution in [3.63, 3.8) is 0 Å². The molecule has 9 N–H and O–H groups in total. The third-order valence-corrected chi connectivity index (χ3v) is 17.0. The predicted molar refractivity (Wildman–Crippen MR) is 237 cm³/mol. The van der Waals surface area contributed by atoms with Gasteiger partial charge in [-0.05, 0) is 0 Å². The van der Waals surface area contributed by atoms with Crippen molar-refractivity contribution in [3.05, 3.63) is 42.0 Å². The van der Waals surface area contributed by atoms with Gasteiger partial charge >= 0.3 is 5.65 Å². The quantitative estimate of drug-likeness (QED) is 0.0261. The van der Waals surface area contributed by atoms with Gasteiger partial charge in [-0.3, -0.25) is 41.7 Å². The van der Waals surface area contributed by atoms with Crippen LogP contribution in [0.2, 0.25) is 0 Å². The van der Waals surface area contributed by atoms with E-state index in [0.717, 1.165) is 26.9 Å². The highest BCUT2D eigenvalue weighted by atomic mass is 31.3. The fraction of sp³-hybridized carbons (Fsp3) is 0.559. The molecule has 76 heavy (non-hydrogen) atoms. The van der Waals surface area contributed by atoms with E-state index >= 15 is 0 Å². The van der Waals surface area contributed by atoms with Crippen LogP contribution in [-0.2, 0) is 75.7 Å². The molecule has 0 aliphatic carbocycles. The van der Waals surface area contributed by atoms with Crippen molar-refractivity contribution in [2.24, 2.45) is 7.05 Å². The maximum atomic E-state index is 13.6. The number of nitrogens with one attached hydrogen (secondary N) is 2. The van der Waals surface area contributed by atoms with Crippen molar-refractivity contribution in [2.45, 2.75) is 73.6 Å². The molecule has 0 bridgehead atoms. The molecule has 9 heterocycles. The maximum absolute atomic E-state index is 13.6. The molecule has 0 spiro atoms. The van der Waals surface area contributed by atoms with Gasteiger partial charge in [0.15, 0.2) is 41.7 Å². The van der Waals surface area contributed by atoms with Gasteiger partial charge in [0.25, 0.3) is 42.8 Å². The summed E-state index contributed by atoms with van der Waals surface area (Å²) < 4.78 is 114. The Morgan fingerprint density at radius 3 is 1.93 bits per heavy atom. The number of phosphoric ester groups is 3. The van der Waals surface area contributed by atoms with E-state index in [4.69, 9.17) is 48.7 Å². The highest BCUT2D eigenvalue weighted by molar-refractivity contribution is 7.65. The molecule has 416 valence electrons. The minimum Gasteiger partial charge on any atom is -0.756 e. The van der Waals surface area contributed by atoms with Gasteiger partial charge in [-0.1, -0.05) is 4.98 Å². The van der Waals surface area contributed by atoms with E-state index < -0.39 is 130 Å². The number of aromatic amines is 1. The summed E-state index contributed by atoms with van der Waals surface area (Å²) in [4.78, 5) is 95.8. The second-order valence-corrected chi connectivity index (χ2v) is 22.5. The lowest BCUT2D eigenvalue weighted by Gasteiger charge is -2.35. The summed E-state index contributed by atoms with van der Waals surface area (Å²) in [6.45, 7) is -3.46. The van der Waals surface area contributed by atoms with Crippen LogP contribution in [0.15, 0.2) is 36.4 Å². The first-order chi connectivity index (χ1) is 35.8. The van der Waals surface area contributed by atoms with Crippen molar-refractivity contribution in [2.75, 3.05) is 57.9 Å². The Bertz CT molecular complexity index is 3390. The number of aliphatic hydroxyl groups excluding tert-OH is 3. The number of hydrogen-bond donors (Lipinski definition) is 7. The lowest BCUT2D eigenvalue weighted by molar-refractivity contribution is -0.745. The molecule has 0 radical (unpaired) electrons. The fourth-order valence-electron chi connectivity index (χ4n) is 8.63. The second kappa shape index (κ2) is 21.4. The fourth-order valence-corrected chi connectivity index (χ4v) is 13.0. The van der Waals surface area contributed by atoms with Gasteiger partial charge in [-0.2, -0.15) is 0 Å². The van der Waals surface area contributed by atoms with E-state index in [-0.39, 0.29) is 51.1 Å². The van der Waals surface area contributed by atoms with Crippen LogP contribution in [0.5, 0.6) is 0 Å². The van der Waals surface area contributed by atoms with Gasteiger partial charge in [0.05, 0.1) is 39.5 Å². The Morgan fingerprint density at radius 1 is 0.724 bits per heavy atom. The lowest BCUT2D eigenvalue weighted by atomic mass is 10.1. The van der Waals surface area contributed by atoms with Crippen LogP contribution in [0.25, 0.3) is 33.5 Å². The van der Waals surface area contributed by atoms with E-state index in [2.05, 4.69) is 58.3 Å². The molecule has 0 saturated carbocycles. The van der Waals surface area contributed by atoms with E-state index in [9.17, 15) is 57.9 Å². The first kappa shape index (κ1) is 55.8. The van der Waals surface area contributed by atoms with Gasteiger partial charge in [0.2, 0.25) is 11.7 Å². The first-order valence-electron chi connectivity index (χ1n) is 21.7. The van der Waals surface area contributed by atoms with Gasteiger partial charge in [0, 0.05) is 21.3 Å². The maximum Gasteiger partial charge on any atom is 0.313 e. The number of nitrogens with zero attached hydrogens (tertiary/aromatic N) is 11. The highest BCUT2D eigenvalue weighted by Crippen LogP contribution is 2.63. The third-order valence-electron chi connectivity index (χ3n) is 11.9. The molecule has 3 aliphatic heterocycles. The monoisotopic (exact) mass is 1150 g/mol. The Morgan fingerprint density at radius 2 is 1.29 bits per heavy atom. The highest BCUT2D eigenvalue weighted by Gasteiger charge is 2.52. The van der Waals surface area contributed by atoms with E-state index in [1.807, 2.05) is 0 Å². The Kier molecular flexibility index (Phi) is 15.7. The summed E-state index contributed by atoms with van der Waals surface area (Å²) in [7, 11) is -19.4. The standard InChI is InChI=1S/C34H47N15O23P4/c1-37-26-17-28(41-9-39-26)48(11-43-17)33-24(63-4)23(70-73(54,55)64-5-13-19(50)20(51)31(67-13)47-10-42-16-25(35)38-8-40-27(16)47)15(69-33)7-66-75(58,59)72-76(60,61)71-74(56,57)65-6-14-22(62-3)21(52)32(68-14)49-12-46(2)18-29(49)44-34(36)45-30(18)53/h8-15,19-24,31-33,50-52H,5-7H2,1-4H3,(H9-,35,36,37,38,39,40,41,44,45,53,54,55,56,57,58,59,60,61)/p-3/t13-,14-,15-,19+,20?,21?,22+,23+,24?,31-,32-,33-/m1/s1. The van der Waals surface area contributed by atoms with E-state index in [1.165, 1.54) is 51.3 Å². The number of hydrogen-bond acceptors (Lipinski definition) is 33. The number of methoxy groups -OCH3 is 2. The van der Waals surface area contributed by atoms with Gasteiger partial charge in [-0.25, -0.2) is 43.1 Å². The van der Waals surface area contributed by atoms with Crippen LogP contribution in [0.3, 0.4) is 0 Å². The van der Waals surface area contributed by atoms with Gasteiger partial charge in [0.1, 0.15) is 78.6 Å². The number of phosphoric acid groups is 4. The van der Waals surface area contributed by atoms with Crippen LogP contribution >= 0.6 is 31.3 Å². The number of imidazole rings is 3. The number of nitrogen functional groups attached to an aromatic ring is 2. The Balaban J connectivity index is 0.870. The van der Waals surface area contributed by atoms with Gasteiger partial charge < -0.3 is 93.5 Å². The summed E-state index contributed by atoms with van der Waals surface area (Å²) in [6.07, 6.45) is -13.3. The number of H-pyrrole nitrogens is 1. The average molecular weight is 1150 g/mol. The predicted octanol–water partition coefficient (Wildman–Crippen LogP) is -5.42. The molecular formula is C34H44N15O23P4-3. The zero-order chi connectivity index (χ0) is 54.8. The number of aryl methyl sites for hydroxylation is 1. The van der Waals surface area contributed by atoms with Gasteiger partial charge in [-0.15, -0.1) is 0 Å². The van der Waals surface area contributed by atoms with E-state index in [0.29, 0.717) is 0 Å². The molecule has 38 nitrogen and oxygen atoms in total. The number of nitrogens with two attached hydrogens (primary N) is 2. The topological polar surface area (TPSA) is 529 Å². The minimum absolute atomic E-state index is 0.00470. The van der Waals surface area contributed by atoms with Crippen molar-refractivity contribution in [1.29, 1.82) is 0 Å². The molecule has 0 amide bonds. The van der Waals surface area contributed by atoms with Crippen LogP contribution in [0.4, 0.5) is 17.6 Å². The van der Waals surface area contributed by atoms with Crippen LogP contribution < -0.4 is 46.5 Å². The van der Waals surface area contributed by atoms with E-state index in [1.54, 1.807) is 0 Å². The summed E-state index contributed by atoms with van der Waals surface area (Å²) in [6, 6.07) is 0. The minimum atomic E-state index is -6.55. The molecule has 6 aromatic heterocycles. The number of aliphatic hydroxyl groups is 3. The summed E-state index contributed by atoms with van der Waals surface area (Å²) in [5.74, 6) is -0.0581. The Hall–Kier alpha value is -4.95. The smallest absolute Gasteiger partial charge is 0.313 e. The summed E-state index contributed by atoms with van der Waals surface area (Å²) in [5, 5.41) is 35.6. The second-order valence-electron chi connectivity index (χ2n) is 16.6. The van der Waals surface area contributed by atoms with Crippen molar-refractivity contribution >= 4 is 82.4 Å². The Labute approximate surface area is 423 Å². The number of ether oxygens (including phenoxy) is 5. The largest absolute Gasteiger partial charge is 0.756 e. The molecule has 42 heteroatoms. The number of rotatable bonds is 21. The molecular weight excluding hydrogens is 1110 g/mol. The third kappa shape index (κ3) is 11.1. The first-order valence-corrected chi connectivity index (χ1v) is 27.6. The average Bonchev–Trinajstić information content (AvgIpc) is 4.21. The normalized spacial score (nSPS) is 30.2. The summed E-state index contributed by atoms with van der Waals surface area (Å²) >= 11 is 0. The molecule has 3 saturated heterocycles. The molecule has 7 unspecified atom stereocenters. The van der Waals surface area contributed by atoms with Crippen molar-refractivity contribution in [3.8, 4) is 0 Å². The number of fused-ring (bicyclic) bond motifs is 3. The zero-order valence-electron chi connectivity index (χ0n) is 39.3. The molecule has 9 rings (SSSR count). The van der Waals surface area contributed by atoms with Crippen LogP contribution in [-0.4, -0.2) is 165 Å². The number of aromatic nitrogens is 12. The molecule has 3 fully saturated rings. The SMILES string of the molecule is CNc1ncnc2c1ncn2[C@@H]1O[C@H](COP(=O)([O-])OP(=O)([O-])OP(=O)([O-])OC[C@H]2O[C@@H]([n+]3cn(C)c4c(=O)[nH]c(N)nc43)C(O)[C@H]2OC)[C@H](OP(=O)([O-])OC[C@H]2O[C@@H](n3cnc4c(N)ncnc43)C(O)[C@H]2O)C1OC.